The van der Waals surface area contributed by atoms with Crippen molar-refractivity contribution in [1.82, 2.24) is 0 Å². The molecule has 0 aromatic heterocycles. The summed E-state index contributed by atoms with van der Waals surface area (Å²) in [6.07, 6.45) is 2.83. The maximum absolute atomic E-state index is 5.68. The molecule has 2 bridgehead atoms. The van der Waals surface area contributed by atoms with Crippen molar-refractivity contribution in [1.29, 1.82) is 0 Å². The fourth-order valence-electron chi connectivity index (χ4n) is 3.65. The lowest BCUT2D eigenvalue weighted by atomic mass is 9.43. The van der Waals surface area contributed by atoms with Crippen LogP contribution in [0.25, 0.3) is 0 Å². The van der Waals surface area contributed by atoms with Crippen LogP contribution in [-0.4, -0.2) is 19.4 Å². The zero-order valence-corrected chi connectivity index (χ0v) is 8.54. The van der Waals surface area contributed by atoms with E-state index in [0.717, 1.165) is 5.92 Å². The molecule has 1 heterocycles. The summed E-state index contributed by atoms with van der Waals surface area (Å²) in [4.78, 5) is 0. The van der Waals surface area contributed by atoms with Crippen LogP contribution in [-0.2, 0) is 9.31 Å². The molecule has 0 N–H and O–H groups in total. The van der Waals surface area contributed by atoms with Gasteiger partial charge in [0.15, 0.2) is 0 Å². The molecule has 3 heteroatoms. The van der Waals surface area contributed by atoms with Gasteiger partial charge in [-0.1, -0.05) is 13.8 Å². The van der Waals surface area contributed by atoms with Gasteiger partial charge in [-0.2, -0.15) is 0 Å². The lowest BCUT2D eigenvalue weighted by Crippen LogP contribution is -2.65. The SMILES string of the molecule is CC12O[B]OC1C[C@H]1CC2C1(C)C. The van der Waals surface area contributed by atoms with Gasteiger partial charge in [0.05, 0.1) is 11.7 Å². The van der Waals surface area contributed by atoms with Gasteiger partial charge in [0.2, 0.25) is 0 Å². The molecule has 3 saturated carbocycles. The van der Waals surface area contributed by atoms with Gasteiger partial charge in [-0.3, -0.25) is 0 Å². The van der Waals surface area contributed by atoms with Crippen LogP contribution in [0.1, 0.15) is 33.6 Å². The van der Waals surface area contributed by atoms with E-state index in [9.17, 15) is 0 Å². The summed E-state index contributed by atoms with van der Waals surface area (Å²) in [5.41, 5.74) is 0.436. The van der Waals surface area contributed by atoms with Gasteiger partial charge in [-0.05, 0) is 37.0 Å². The Hall–Kier alpha value is -0.0151. The largest absolute Gasteiger partial charge is 0.488 e. The minimum atomic E-state index is -0.0295. The Kier molecular flexibility index (Phi) is 1.37. The lowest BCUT2D eigenvalue weighted by Gasteiger charge is -2.64. The molecule has 4 rings (SSSR count). The quantitative estimate of drug-likeness (QED) is 0.527. The van der Waals surface area contributed by atoms with Crippen molar-refractivity contribution in [2.45, 2.75) is 45.3 Å². The zero-order valence-electron chi connectivity index (χ0n) is 8.54. The van der Waals surface area contributed by atoms with Crippen molar-refractivity contribution in [2.75, 3.05) is 0 Å². The maximum Gasteiger partial charge on any atom is 0.488 e. The van der Waals surface area contributed by atoms with Gasteiger partial charge in [-0.25, -0.2) is 0 Å². The number of hydrogen-bond acceptors (Lipinski definition) is 2. The number of hydrogen-bond donors (Lipinski definition) is 0. The van der Waals surface area contributed by atoms with E-state index in [1.165, 1.54) is 12.8 Å². The normalized spacial score (nSPS) is 56.4. The van der Waals surface area contributed by atoms with E-state index in [2.05, 4.69) is 20.8 Å². The van der Waals surface area contributed by atoms with Gasteiger partial charge < -0.3 is 9.31 Å². The third-order valence-corrected chi connectivity index (χ3v) is 4.82. The van der Waals surface area contributed by atoms with Crippen LogP contribution >= 0.6 is 0 Å². The van der Waals surface area contributed by atoms with Crippen molar-refractivity contribution in [3.63, 3.8) is 0 Å². The Balaban J connectivity index is 1.97. The summed E-state index contributed by atoms with van der Waals surface area (Å²) in [6.45, 7) is 6.95. The smallest absolute Gasteiger partial charge is 0.407 e. The first kappa shape index (κ1) is 8.31. The molecule has 0 aromatic rings. The van der Waals surface area contributed by atoms with Crippen molar-refractivity contribution < 1.29 is 9.31 Å². The van der Waals surface area contributed by atoms with Crippen molar-refractivity contribution in [2.24, 2.45) is 17.3 Å². The molecular weight excluding hydrogens is 163 g/mol. The van der Waals surface area contributed by atoms with Gasteiger partial charge in [-0.15, -0.1) is 0 Å². The molecular formula is C10H16BO2. The van der Waals surface area contributed by atoms with Gasteiger partial charge >= 0.3 is 7.69 Å². The monoisotopic (exact) mass is 179 g/mol. The molecule has 3 aliphatic carbocycles. The predicted molar refractivity (Wildman–Crippen MR) is 50.1 cm³/mol. The van der Waals surface area contributed by atoms with Crippen molar-refractivity contribution in [3.8, 4) is 0 Å². The summed E-state index contributed by atoms with van der Waals surface area (Å²) < 4.78 is 11.2. The van der Waals surface area contributed by atoms with E-state index >= 15 is 0 Å². The van der Waals surface area contributed by atoms with E-state index < -0.39 is 0 Å². The summed E-state index contributed by atoms with van der Waals surface area (Å²) in [7, 11) is 1.56. The third-order valence-electron chi connectivity index (χ3n) is 4.82. The molecule has 4 fully saturated rings. The Morgan fingerprint density at radius 3 is 2.69 bits per heavy atom. The second kappa shape index (κ2) is 2.14. The highest BCUT2D eigenvalue weighted by Gasteiger charge is 2.65. The topological polar surface area (TPSA) is 18.5 Å². The van der Waals surface area contributed by atoms with E-state index in [-0.39, 0.29) is 5.60 Å². The molecule has 1 aliphatic heterocycles. The summed E-state index contributed by atoms with van der Waals surface area (Å²) in [5, 5.41) is 0. The fraction of sp³-hybridized carbons (Fsp3) is 1.00. The first-order valence-electron chi connectivity index (χ1n) is 5.20. The van der Waals surface area contributed by atoms with Crippen LogP contribution in [0.4, 0.5) is 0 Å². The molecule has 0 spiro atoms. The summed E-state index contributed by atoms with van der Waals surface area (Å²) >= 11 is 0. The molecule has 13 heavy (non-hydrogen) atoms. The van der Waals surface area contributed by atoms with E-state index in [1.54, 1.807) is 7.69 Å². The first-order valence-corrected chi connectivity index (χ1v) is 5.20. The third kappa shape index (κ3) is 0.786. The van der Waals surface area contributed by atoms with Crippen LogP contribution in [0.2, 0.25) is 0 Å². The van der Waals surface area contributed by atoms with E-state index in [1.807, 2.05) is 0 Å². The highest BCUT2D eigenvalue weighted by Crippen LogP contribution is 2.65. The van der Waals surface area contributed by atoms with Gasteiger partial charge in [0.1, 0.15) is 0 Å². The average molecular weight is 179 g/mol. The molecule has 4 atom stereocenters. The summed E-state index contributed by atoms with van der Waals surface area (Å²) in [5.74, 6) is 1.54. The molecule has 4 aliphatic rings. The minimum absolute atomic E-state index is 0.0295. The Morgan fingerprint density at radius 1 is 1.23 bits per heavy atom. The molecule has 1 saturated heterocycles. The molecule has 0 amide bonds. The maximum atomic E-state index is 5.68. The van der Waals surface area contributed by atoms with Crippen molar-refractivity contribution >= 4 is 7.69 Å². The lowest BCUT2D eigenvalue weighted by molar-refractivity contribution is -0.199. The molecule has 2 nitrogen and oxygen atoms in total. The van der Waals surface area contributed by atoms with Gasteiger partial charge in [0.25, 0.3) is 0 Å². The standard InChI is InChI=1S/C10H16BO2/c1-9(2)6-4-7(9)10(3)8(5-6)12-11-13-10/h6-8H,4-5H2,1-3H3/t6-,7?,8?,10?/m1/s1. The Labute approximate surface area is 80.3 Å². The van der Waals surface area contributed by atoms with Crippen LogP contribution < -0.4 is 0 Å². The predicted octanol–water partition coefficient (Wildman–Crippen LogP) is 1.76. The first-order chi connectivity index (χ1) is 6.05. The number of rotatable bonds is 0. The Morgan fingerprint density at radius 2 is 2.00 bits per heavy atom. The average Bonchev–Trinajstić information content (AvgIpc) is 2.44. The molecule has 71 valence electrons. The highest BCUT2D eigenvalue weighted by molar-refractivity contribution is 6.19. The van der Waals surface area contributed by atoms with E-state index in [0.29, 0.717) is 17.4 Å². The van der Waals surface area contributed by atoms with E-state index in [4.69, 9.17) is 9.31 Å². The van der Waals surface area contributed by atoms with Crippen LogP contribution in [0.3, 0.4) is 0 Å². The second-order valence-corrected chi connectivity index (χ2v) is 5.56. The highest BCUT2D eigenvalue weighted by atomic mass is 16.6. The van der Waals surface area contributed by atoms with Crippen molar-refractivity contribution in [3.05, 3.63) is 0 Å². The molecule has 0 aromatic carbocycles. The molecule has 1 radical (unpaired) electrons. The van der Waals surface area contributed by atoms with Crippen LogP contribution in [0, 0.1) is 17.3 Å². The fourth-order valence-corrected chi connectivity index (χ4v) is 3.65. The zero-order chi connectivity index (χ0) is 9.27. The van der Waals surface area contributed by atoms with Crippen LogP contribution in [0.15, 0.2) is 0 Å². The molecule has 3 unspecified atom stereocenters. The minimum Gasteiger partial charge on any atom is -0.407 e. The van der Waals surface area contributed by atoms with Gasteiger partial charge in [0, 0.05) is 0 Å². The Bertz CT molecular complexity index is 253. The van der Waals surface area contributed by atoms with Crippen LogP contribution in [0.5, 0.6) is 0 Å². The second-order valence-electron chi connectivity index (χ2n) is 5.56. The summed E-state index contributed by atoms with van der Waals surface area (Å²) in [6, 6.07) is 0.